The molecule has 0 radical (unpaired) electrons. The Hall–Kier alpha value is -2.14. The molecule has 0 aliphatic carbocycles. The fraction of sp³-hybridized carbons (Fsp3) is 0.333. The van der Waals surface area contributed by atoms with E-state index in [1.165, 1.54) is 0 Å². The third-order valence-electron chi connectivity index (χ3n) is 3.11. The normalized spacial score (nSPS) is 12.1. The molecule has 0 saturated carbocycles. The number of nitrogens with zero attached hydrogens (tertiary/aromatic N) is 2. The van der Waals surface area contributed by atoms with Crippen LogP contribution in [0, 0.1) is 0 Å². The van der Waals surface area contributed by atoms with Gasteiger partial charge in [-0.2, -0.15) is 5.10 Å². The number of nitrogens with two attached hydrogens (primary N) is 1. The van der Waals surface area contributed by atoms with Crippen LogP contribution in [0.5, 0.6) is 0 Å². The monoisotopic (exact) mass is 272 g/mol. The summed E-state index contributed by atoms with van der Waals surface area (Å²) in [6.45, 7) is 0.576. The first-order chi connectivity index (χ1) is 9.65. The molecule has 2 rings (SSSR count). The largest absolute Gasteiger partial charge is 0.354 e. The molecule has 2 aromatic rings. The molecule has 0 aliphatic heterocycles. The maximum atomic E-state index is 11.9. The number of carbonyl (C=O) groups is 1. The van der Waals surface area contributed by atoms with Crippen LogP contribution >= 0.6 is 0 Å². The molecule has 5 heteroatoms. The highest BCUT2D eigenvalue weighted by molar-refractivity contribution is 5.81. The number of aromatic nitrogens is 2. The molecule has 0 spiro atoms. The summed E-state index contributed by atoms with van der Waals surface area (Å²) in [7, 11) is 1.87. The lowest BCUT2D eigenvalue weighted by Crippen LogP contribution is -2.42. The summed E-state index contributed by atoms with van der Waals surface area (Å²) in [6.07, 6.45) is 5.06. The van der Waals surface area contributed by atoms with E-state index in [2.05, 4.69) is 10.4 Å². The number of aryl methyl sites for hydroxylation is 1. The van der Waals surface area contributed by atoms with Crippen molar-refractivity contribution < 1.29 is 4.79 Å². The van der Waals surface area contributed by atoms with Crippen molar-refractivity contribution in [3.63, 3.8) is 0 Å². The van der Waals surface area contributed by atoms with Crippen LogP contribution in [-0.2, 0) is 24.7 Å². The van der Waals surface area contributed by atoms with E-state index in [0.717, 1.165) is 17.5 Å². The Kier molecular flexibility index (Phi) is 4.90. The third kappa shape index (κ3) is 4.20. The SMILES string of the molecule is Cn1cc(CCNC(=O)[C@H](N)Cc2ccccc2)cn1. The van der Waals surface area contributed by atoms with E-state index in [9.17, 15) is 4.79 Å². The maximum Gasteiger partial charge on any atom is 0.237 e. The van der Waals surface area contributed by atoms with Gasteiger partial charge in [-0.15, -0.1) is 0 Å². The molecule has 106 valence electrons. The van der Waals surface area contributed by atoms with Gasteiger partial charge >= 0.3 is 0 Å². The first-order valence-corrected chi connectivity index (χ1v) is 6.70. The van der Waals surface area contributed by atoms with E-state index in [4.69, 9.17) is 5.73 Å². The van der Waals surface area contributed by atoms with Crippen molar-refractivity contribution in [3.05, 3.63) is 53.9 Å². The minimum atomic E-state index is -0.508. The Labute approximate surface area is 118 Å². The topological polar surface area (TPSA) is 72.9 Å². The molecule has 1 heterocycles. The van der Waals surface area contributed by atoms with Crippen molar-refractivity contribution in [3.8, 4) is 0 Å². The molecular weight excluding hydrogens is 252 g/mol. The predicted octanol–water partition coefficient (Wildman–Crippen LogP) is 0.649. The van der Waals surface area contributed by atoms with Gasteiger partial charge in [-0.05, 0) is 24.0 Å². The molecule has 1 amide bonds. The van der Waals surface area contributed by atoms with E-state index in [1.54, 1.807) is 10.9 Å². The summed E-state index contributed by atoms with van der Waals surface area (Å²) in [5, 5.41) is 6.94. The lowest BCUT2D eigenvalue weighted by molar-refractivity contribution is -0.122. The lowest BCUT2D eigenvalue weighted by atomic mass is 10.1. The molecule has 0 bridgehead atoms. The summed E-state index contributed by atoms with van der Waals surface area (Å²) >= 11 is 0. The highest BCUT2D eigenvalue weighted by Gasteiger charge is 2.13. The van der Waals surface area contributed by atoms with E-state index in [1.807, 2.05) is 43.6 Å². The molecule has 0 fully saturated rings. The van der Waals surface area contributed by atoms with Crippen molar-refractivity contribution in [1.82, 2.24) is 15.1 Å². The summed E-state index contributed by atoms with van der Waals surface area (Å²) in [6, 6.07) is 9.28. The Balaban J connectivity index is 1.74. The average molecular weight is 272 g/mol. The van der Waals surface area contributed by atoms with Crippen LogP contribution in [0.4, 0.5) is 0 Å². The number of rotatable bonds is 6. The van der Waals surface area contributed by atoms with Crippen molar-refractivity contribution in [2.75, 3.05) is 6.54 Å². The predicted molar refractivity (Wildman–Crippen MR) is 78.0 cm³/mol. The van der Waals surface area contributed by atoms with Crippen LogP contribution in [0.1, 0.15) is 11.1 Å². The molecule has 1 aromatic heterocycles. The highest BCUT2D eigenvalue weighted by Crippen LogP contribution is 2.02. The zero-order valence-corrected chi connectivity index (χ0v) is 11.6. The van der Waals surface area contributed by atoms with E-state index in [0.29, 0.717) is 13.0 Å². The van der Waals surface area contributed by atoms with Gasteiger partial charge in [-0.25, -0.2) is 0 Å². The minimum absolute atomic E-state index is 0.113. The van der Waals surface area contributed by atoms with Crippen molar-refractivity contribution >= 4 is 5.91 Å². The second-order valence-corrected chi connectivity index (χ2v) is 4.86. The molecule has 0 unspecified atom stereocenters. The van der Waals surface area contributed by atoms with Gasteiger partial charge in [0.05, 0.1) is 12.2 Å². The summed E-state index contributed by atoms with van der Waals surface area (Å²) < 4.78 is 1.75. The van der Waals surface area contributed by atoms with Gasteiger partial charge in [-0.3, -0.25) is 9.48 Å². The van der Waals surface area contributed by atoms with Crippen LogP contribution in [0.2, 0.25) is 0 Å². The van der Waals surface area contributed by atoms with Crippen molar-refractivity contribution in [1.29, 1.82) is 0 Å². The van der Waals surface area contributed by atoms with Crippen LogP contribution in [0.25, 0.3) is 0 Å². The molecule has 0 aliphatic rings. The number of benzene rings is 1. The second kappa shape index (κ2) is 6.86. The maximum absolute atomic E-state index is 11.9. The third-order valence-corrected chi connectivity index (χ3v) is 3.11. The van der Waals surface area contributed by atoms with Gasteiger partial charge in [-0.1, -0.05) is 30.3 Å². The number of hydrogen-bond donors (Lipinski definition) is 2. The number of nitrogens with one attached hydrogen (secondary N) is 1. The quantitative estimate of drug-likeness (QED) is 0.811. The minimum Gasteiger partial charge on any atom is -0.354 e. The zero-order valence-electron chi connectivity index (χ0n) is 11.6. The second-order valence-electron chi connectivity index (χ2n) is 4.86. The van der Waals surface area contributed by atoms with Gasteiger partial charge < -0.3 is 11.1 Å². The van der Waals surface area contributed by atoms with Gasteiger partial charge in [0.15, 0.2) is 0 Å². The summed E-state index contributed by atoms with van der Waals surface area (Å²) in [5.41, 5.74) is 8.08. The molecule has 0 saturated heterocycles. The van der Waals surface area contributed by atoms with Crippen LogP contribution in [-0.4, -0.2) is 28.3 Å². The Morgan fingerprint density at radius 3 is 2.75 bits per heavy atom. The first kappa shape index (κ1) is 14.3. The molecule has 3 N–H and O–H groups in total. The van der Waals surface area contributed by atoms with E-state index in [-0.39, 0.29) is 5.91 Å². The Bertz CT molecular complexity index is 550. The Morgan fingerprint density at radius 2 is 2.10 bits per heavy atom. The zero-order chi connectivity index (χ0) is 14.4. The molecule has 5 nitrogen and oxygen atoms in total. The first-order valence-electron chi connectivity index (χ1n) is 6.70. The van der Waals surface area contributed by atoms with Gasteiger partial charge in [0.1, 0.15) is 0 Å². The van der Waals surface area contributed by atoms with Crippen molar-refractivity contribution in [2.24, 2.45) is 12.8 Å². The number of carbonyl (C=O) groups excluding carboxylic acids is 1. The number of hydrogen-bond acceptors (Lipinski definition) is 3. The van der Waals surface area contributed by atoms with Gasteiger partial charge in [0.2, 0.25) is 5.91 Å². The highest BCUT2D eigenvalue weighted by atomic mass is 16.2. The number of amides is 1. The fourth-order valence-corrected chi connectivity index (χ4v) is 2.02. The molecule has 20 heavy (non-hydrogen) atoms. The van der Waals surface area contributed by atoms with Gasteiger partial charge in [0, 0.05) is 19.8 Å². The van der Waals surface area contributed by atoms with Crippen LogP contribution < -0.4 is 11.1 Å². The van der Waals surface area contributed by atoms with Crippen LogP contribution in [0.15, 0.2) is 42.7 Å². The van der Waals surface area contributed by atoms with Gasteiger partial charge in [0.25, 0.3) is 0 Å². The summed E-state index contributed by atoms with van der Waals surface area (Å²) in [5.74, 6) is -0.113. The molecular formula is C15H20N4O. The Morgan fingerprint density at radius 1 is 1.35 bits per heavy atom. The van der Waals surface area contributed by atoms with Crippen LogP contribution in [0.3, 0.4) is 0 Å². The van der Waals surface area contributed by atoms with E-state index < -0.39 is 6.04 Å². The summed E-state index contributed by atoms with van der Waals surface area (Å²) in [4.78, 5) is 11.9. The van der Waals surface area contributed by atoms with E-state index >= 15 is 0 Å². The fourth-order valence-electron chi connectivity index (χ4n) is 2.02. The van der Waals surface area contributed by atoms with Crippen molar-refractivity contribution in [2.45, 2.75) is 18.9 Å². The lowest BCUT2D eigenvalue weighted by Gasteiger charge is -2.12. The molecule has 1 atom stereocenters. The average Bonchev–Trinajstić information content (AvgIpc) is 2.85. The smallest absolute Gasteiger partial charge is 0.237 e. The molecule has 1 aromatic carbocycles. The standard InChI is InChI=1S/C15H20N4O/c1-19-11-13(10-18-19)7-8-17-15(20)14(16)9-12-5-3-2-4-6-12/h2-6,10-11,14H,7-9,16H2,1H3,(H,17,20)/t14-/m1/s1.